The molecule has 1 aromatic heterocycles. The molecule has 2 fully saturated rings. The number of nitrogens with zero attached hydrogens (tertiary/aromatic N) is 2. The lowest BCUT2D eigenvalue weighted by molar-refractivity contribution is 0.0654. The number of sulfonamides is 1. The van der Waals surface area contributed by atoms with E-state index in [4.69, 9.17) is 4.52 Å². The second kappa shape index (κ2) is 9.54. The van der Waals surface area contributed by atoms with Gasteiger partial charge in [-0.05, 0) is 57.1 Å². The Bertz CT molecular complexity index is 1210. The van der Waals surface area contributed by atoms with E-state index in [2.05, 4.69) is 15.2 Å². The Morgan fingerprint density at radius 1 is 1.00 bits per heavy atom. The Morgan fingerprint density at radius 3 is 2.26 bits per heavy atom. The van der Waals surface area contributed by atoms with Crippen molar-refractivity contribution < 1.29 is 27.3 Å². The van der Waals surface area contributed by atoms with Crippen molar-refractivity contribution in [2.75, 3.05) is 12.3 Å². The first kappa shape index (κ1) is 23.7. The fourth-order valence-corrected chi connectivity index (χ4v) is 6.11. The van der Waals surface area contributed by atoms with E-state index < -0.39 is 10.0 Å². The van der Waals surface area contributed by atoms with Crippen LogP contribution in [0.25, 0.3) is 0 Å². The van der Waals surface area contributed by atoms with Crippen molar-refractivity contribution in [1.82, 2.24) is 20.1 Å². The molecule has 0 bridgehead atoms. The largest absolute Gasteiger partial charge is 0.360 e. The zero-order chi connectivity index (χ0) is 24.6. The van der Waals surface area contributed by atoms with Gasteiger partial charge in [-0.2, -0.15) is 0 Å². The Labute approximate surface area is 203 Å². The number of benzene rings is 1. The van der Waals surface area contributed by atoms with Gasteiger partial charge in [0.25, 0.3) is 17.7 Å². The molecule has 186 valence electrons. The number of rotatable bonds is 9. The number of hydrogen-bond donors (Lipinski definition) is 2. The van der Waals surface area contributed by atoms with Gasteiger partial charge in [-0.15, -0.1) is 0 Å². The van der Waals surface area contributed by atoms with Crippen LogP contribution in [-0.2, 0) is 10.0 Å². The highest BCUT2D eigenvalue weighted by molar-refractivity contribution is 7.89. The predicted octanol–water partition coefficient (Wildman–Crippen LogP) is 2.20. The summed E-state index contributed by atoms with van der Waals surface area (Å²) in [6.07, 6.45) is 4.82. The Hall–Kier alpha value is -3.05. The third kappa shape index (κ3) is 5.30. The second-order valence-corrected chi connectivity index (χ2v) is 11.4. The zero-order valence-electron chi connectivity index (χ0n) is 19.2. The summed E-state index contributed by atoms with van der Waals surface area (Å²) >= 11 is 0. The summed E-state index contributed by atoms with van der Waals surface area (Å²) in [5, 5.41) is 6.82. The van der Waals surface area contributed by atoms with Gasteiger partial charge in [-0.3, -0.25) is 19.3 Å². The highest BCUT2D eigenvalue weighted by atomic mass is 32.2. The summed E-state index contributed by atoms with van der Waals surface area (Å²) < 4.78 is 33.1. The number of imide groups is 1. The van der Waals surface area contributed by atoms with Gasteiger partial charge in [0.1, 0.15) is 5.76 Å². The Balaban J connectivity index is 1.04. The molecule has 2 aliphatic carbocycles. The van der Waals surface area contributed by atoms with E-state index >= 15 is 0 Å². The molecule has 2 saturated carbocycles. The lowest BCUT2D eigenvalue weighted by Crippen LogP contribution is -2.44. The average molecular weight is 501 g/mol. The van der Waals surface area contributed by atoms with Crippen LogP contribution in [0.1, 0.15) is 87.8 Å². The van der Waals surface area contributed by atoms with Crippen LogP contribution >= 0.6 is 0 Å². The number of aromatic nitrogens is 1. The number of nitrogens with one attached hydrogen (secondary N) is 2. The highest BCUT2D eigenvalue weighted by Gasteiger charge is 2.35. The van der Waals surface area contributed by atoms with Crippen molar-refractivity contribution in [3.63, 3.8) is 0 Å². The maximum Gasteiger partial charge on any atom is 0.273 e. The van der Waals surface area contributed by atoms with Crippen LogP contribution in [0.2, 0.25) is 0 Å². The molecule has 2 heterocycles. The highest BCUT2D eigenvalue weighted by Crippen LogP contribution is 2.40. The SMILES string of the molecule is O=C(N[C@H]1CC[C@H](NS(=O)(=O)CCCN2C(=O)c3ccccc3C2=O)CC1)c1cc(C2CC2)on1. The average Bonchev–Trinajstić information content (AvgIpc) is 3.52. The maximum atomic E-state index is 12.6. The summed E-state index contributed by atoms with van der Waals surface area (Å²) in [5.74, 6) is -0.0577. The van der Waals surface area contributed by atoms with Gasteiger partial charge in [0, 0.05) is 30.6 Å². The van der Waals surface area contributed by atoms with Gasteiger partial charge in [0.05, 0.1) is 16.9 Å². The molecule has 5 rings (SSSR count). The molecule has 0 unspecified atom stereocenters. The first-order valence-electron chi connectivity index (χ1n) is 12.0. The molecular weight excluding hydrogens is 472 g/mol. The molecule has 35 heavy (non-hydrogen) atoms. The van der Waals surface area contributed by atoms with E-state index in [0.717, 1.165) is 23.5 Å². The molecule has 3 amide bonds. The summed E-state index contributed by atoms with van der Waals surface area (Å²) in [6, 6.07) is 8.05. The standard InChI is InChI=1S/C24H28N4O6S/c29-22(20-14-21(34-26-20)15-6-7-15)25-16-8-10-17(11-9-16)27-35(32,33)13-3-12-28-23(30)18-4-1-2-5-19(18)24(28)31/h1-2,4-5,14-17,27H,3,6-13H2,(H,25,29)/t16-,17-. The van der Waals surface area contributed by atoms with Crippen LogP contribution in [0.15, 0.2) is 34.9 Å². The molecule has 0 spiro atoms. The number of carbonyl (C=O) groups is 3. The van der Waals surface area contributed by atoms with E-state index in [9.17, 15) is 22.8 Å². The van der Waals surface area contributed by atoms with Crippen molar-refractivity contribution in [2.45, 2.75) is 62.9 Å². The van der Waals surface area contributed by atoms with Crippen LogP contribution < -0.4 is 10.0 Å². The van der Waals surface area contributed by atoms with Crippen molar-refractivity contribution in [1.29, 1.82) is 0 Å². The minimum absolute atomic E-state index is 0.0434. The number of carbonyl (C=O) groups excluding carboxylic acids is 3. The Morgan fingerprint density at radius 2 is 1.63 bits per heavy atom. The van der Waals surface area contributed by atoms with Crippen LogP contribution in [0.4, 0.5) is 0 Å². The van der Waals surface area contributed by atoms with Crippen molar-refractivity contribution >= 4 is 27.7 Å². The summed E-state index contributed by atoms with van der Waals surface area (Å²) in [7, 11) is -3.57. The smallest absolute Gasteiger partial charge is 0.273 e. The van der Waals surface area contributed by atoms with Gasteiger partial charge in [0.15, 0.2) is 5.69 Å². The van der Waals surface area contributed by atoms with Crippen LogP contribution in [0.3, 0.4) is 0 Å². The van der Waals surface area contributed by atoms with E-state index in [1.165, 1.54) is 0 Å². The maximum absolute atomic E-state index is 12.6. The van der Waals surface area contributed by atoms with Crippen molar-refractivity contribution in [2.24, 2.45) is 0 Å². The predicted molar refractivity (Wildman–Crippen MR) is 125 cm³/mol. The van der Waals surface area contributed by atoms with Crippen molar-refractivity contribution in [3.05, 3.63) is 52.9 Å². The molecule has 3 aliphatic rings. The van der Waals surface area contributed by atoms with Gasteiger partial charge >= 0.3 is 0 Å². The molecule has 1 aliphatic heterocycles. The van der Waals surface area contributed by atoms with E-state index in [0.29, 0.717) is 42.7 Å². The normalized spacial score (nSPS) is 22.3. The molecule has 11 heteroatoms. The zero-order valence-corrected chi connectivity index (χ0v) is 20.1. The van der Waals surface area contributed by atoms with Gasteiger partial charge in [-0.1, -0.05) is 17.3 Å². The van der Waals surface area contributed by atoms with E-state index in [1.807, 2.05) is 0 Å². The van der Waals surface area contributed by atoms with Gasteiger partial charge in [-0.25, -0.2) is 13.1 Å². The molecule has 10 nitrogen and oxygen atoms in total. The Kier molecular flexibility index (Phi) is 6.45. The number of fused-ring (bicyclic) bond motifs is 1. The van der Waals surface area contributed by atoms with Crippen LogP contribution in [-0.4, -0.2) is 60.6 Å². The fourth-order valence-electron chi connectivity index (χ4n) is 4.74. The quantitative estimate of drug-likeness (QED) is 0.503. The third-order valence-electron chi connectivity index (χ3n) is 6.82. The van der Waals surface area contributed by atoms with Gasteiger partial charge < -0.3 is 9.84 Å². The first-order valence-corrected chi connectivity index (χ1v) is 13.7. The van der Waals surface area contributed by atoms with Crippen LogP contribution in [0.5, 0.6) is 0 Å². The number of hydrogen-bond acceptors (Lipinski definition) is 7. The molecule has 0 saturated heterocycles. The molecule has 2 N–H and O–H groups in total. The molecular formula is C24H28N4O6S. The lowest BCUT2D eigenvalue weighted by atomic mass is 9.92. The third-order valence-corrected chi connectivity index (χ3v) is 8.34. The van der Waals surface area contributed by atoms with Crippen molar-refractivity contribution in [3.8, 4) is 0 Å². The minimum Gasteiger partial charge on any atom is -0.360 e. The van der Waals surface area contributed by atoms with Crippen LogP contribution in [0, 0.1) is 0 Å². The van der Waals surface area contributed by atoms with E-state index in [1.54, 1.807) is 30.3 Å². The fraction of sp³-hybridized carbons (Fsp3) is 0.500. The summed E-state index contributed by atoms with van der Waals surface area (Å²) in [6.45, 7) is 0.0521. The van der Waals surface area contributed by atoms with E-state index in [-0.39, 0.29) is 54.2 Å². The van der Waals surface area contributed by atoms with Gasteiger partial charge in [0.2, 0.25) is 10.0 Å². The molecule has 0 radical (unpaired) electrons. The molecule has 0 atom stereocenters. The summed E-state index contributed by atoms with van der Waals surface area (Å²) in [5.41, 5.74) is 0.997. The topological polar surface area (TPSA) is 139 Å². The molecule has 1 aromatic carbocycles. The summed E-state index contributed by atoms with van der Waals surface area (Å²) in [4.78, 5) is 38.4. The minimum atomic E-state index is -3.57. The monoisotopic (exact) mass is 500 g/mol. The molecule has 2 aromatic rings. The second-order valence-electron chi connectivity index (χ2n) is 9.51. The lowest BCUT2D eigenvalue weighted by Gasteiger charge is -2.29. The number of amides is 3. The first-order chi connectivity index (χ1) is 16.8.